The molecule has 3 rings (SSSR count). The van der Waals surface area contributed by atoms with Gasteiger partial charge < -0.3 is 14.5 Å². The molecule has 0 fully saturated rings. The smallest absolute Gasteiger partial charge is 0.254 e. The predicted octanol–water partition coefficient (Wildman–Crippen LogP) is 1.59. The number of nitrogens with zero attached hydrogens (tertiary/aromatic N) is 4. The van der Waals surface area contributed by atoms with Gasteiger partial charge in [-0.05, 0) is 20.3 Å². The molecule has 0 aliphatic carbocycles. The predicted molar refractivity (Wildman–Crippen MR) is 94.6 cm³/mol. The molecule has 0 bridgehead atoms. The minimum Gasteiger partial charge on any atom is -0.340 e. The maximum Gasteiger partial charge on any atom is 0.254 e. The molecule has 1 aliphatic heterocycles. The molecule has 25 heavy (non-hydrogen) atoms. The number of rotatable bonds is 3. The van der Waals surface area contributed by atoms with Crippen molar-refractivity contribution in [2.45, 2.75) is 52.5 Å². The standard InChI is InChI=1S/C18H25N5O2/c1-11(2)16-19-7-10-23(16)12(3)18(25)22-8-5-14-15(6-9-22)20-13(4)21-17(14)24/h7,10-12H,5-6,8-9H2,1-4H3,(H,20,21,24). The van der Waals surface area contributed by atoms with Crippen molar-refractivity contribution in [3.63, 3.8) is 0 Å². The summed E-state index contributed by atoms with van der Waals surface area (Å²) in [5.41, 5.74) is 1.44. The van der Waals surface area contributed by atoms with E-state index in [9.17, 15) is 9.59 Å². The van der Waals surface area contributed by atoms with E-state index in [0.717, 1.165) is 11.5 Å². The van der Waals surface area contributed by atoms with Crippen LogP contribution in [0.25, 0.3) is 0 Å². The summed E-state index contributed by atoms with van der Waals surface area (Å²) in [6.45, 7) is 8.94. The molecular formula is C18H25N5O2. The number of imidazole rings is 1. The van der Waals surface area contributed by atoms with Gasteiger partial charge in [0.05, 0.1) is 5.69 Å². The molecular weight excluding hydrogens is 318 g/mol. The Morgan fingerprint density at radius 1 is 1.24 bits per heavy atom. The van der Waals surface area contributed by atoms with Crippen LogP contribution in [0, 0.1) is 6.92 Å². The second-order valence-corrected chi connectivity index (χ2v) is 6.93. The molecule has 2 aromatic rings. The van der Waals surface area contributed by atoms with Gasteiger partial charge in [-0.3, -0.25) is 9.59 Å². The summed E-state index contributed by atoms with van der Waals surface area (Å²) in [6.07, 6.45) is 4.75. The summed E-state index contributed by atoms with van der Waals surface area (Å²) in [5.74, 6) is 1.84. The summed E-state index contributed by atoms with van der Waals surface area (Å²) in [4.78, 5) is 38.6. The first-order valence-electron chi connectivity index (χ1n) is 8.78. The average molecular weight is 343 g/mol. The molecule has 7 heteroatoms. The Bertz CT molecular complexity index is 836. The number of aromatic amines is 1. The van der Waals surface area contributed by atoms with E-state index in [2.05, 4.69) is 28.8 Å². The van der Waals surface area contributed by atoms with E-state index in [-0.39, 0.29) is 23.4 Å². The van der Waals surface area contributed by atoms with Crippen molar-refractivity contribution in [3.8, 4) is 0 Å². The topological polar surface area (TPSA) is 83.9 Å². The van der Waals surface area contributed by atoms with Gasteiger partial charge in [0.15, 0.2) is 0 Å². The van der Waals surface area contributed by atoms with Crippen LogP contribution in [0.3, 0.4) is 0 Å². The van der Waals surface area contributed by atoms with Crippen LogP contribution in [0.4, 0.5) is 0 Å². The highest BCUT2D eigenvalue weighted by molar-refractivity contribution is 5.80. The van der Waals surface area contributed by atoms with E-state index < -0.39 is 0 Å². The third-order valence-corrected chi connectivity index (χ3v) is 4.77. The molecule has 0 radical (unpaired) electrons. The van der Waals surface area contributed by atoms with E-state index in [0.29, 0.717) is 37.3 Å². The molecule has 1 atom stereocenters. The molecule has 134 valence electrons. The van der Waals surface area contributed by atoms with Crippen LogP contribution in [0.1, 0.15) is 55.6 Å². The van der Waals surface area contributed by atoms with Crippen LogP contribution in [-0.4, -0.2) is 43.4 Å². The number of carbonyl (C=O) groups excluding carboxylic acids is 1. The van der Waals surface area contributed by atoms with Gasteiger partial charge in [0.25, 0.3) is 5.56 Å². The van der Waals surface area contributed by atoms with Gasteiger partial charge in [0, 0.05) is 43.4 Å². The van der Waals surface area contributed by atoms with Crippen molar-refractivity contribution in [1.29, 1.82) is 0 Å². The fourth-order valence-electron chi connectivity index (χ4n) is 3.44. The summed E-state index contributed by atoms with van der Waals surface area (Å²) in [5, 5.41) is 0. The zero-order valence-corrected chi connectivity index (χ0v) is 15.2. The Hall–Kier alpha value is -2.44. The number of hydrogen-bond acceptors (Lipinski definition) is 4. The van der Waals surface area contributed by atoms with E-state index >= 15 is 0 Å². The highest BCUT2D eigenvalue weighted by atomic mass is 16.2. The fraction of sp³-hybridized carbons (Fsp3) is 0.556. The first-order valence-corrected chi connectivity index (χ1v) is 8.78. The van der Waals surface area contributed by atoms with Gasteiger partial charge in [-0.25, -0.2) is 9.97 Å². The maximum atomic E-state index is 13.0. The number of fused-ring (bicyclic) bond motifs is 1. The zero-order chi connectivity index (χ0) is 18.1. The van der Waals surface area contributed by atoms with E-state index in [1.165, 1.54) is 0 Å². The third kappa shape index (κ3) is 3.36. The minimum atomic E-state index is -0.311. The van der Waals surface area contributed by atoms with Crippen LogP contribution in [0.5, 0.6) is 0 Å². The number of nitrogens with one attached hydrogen (secondary N) is 1. The monoisotopic (exact) mass is 343 g/mol. The van der Waals surface area contributed by atoms with Crippen molar-refractivity contribution in [1.82, 2.24) is 24.4 Å². The molecule has 1 amide bonds. The van der Waals surface area contributed by atoms with Crippen LogP contribution in [-0.2, 0) is 17.6 Å². The fourth-order valence-corrected chi connectivity index (χ4v) is 3.44. The lowest BCUT2D eigenvalue weighted by molar-refractivity contribution is -0.134. The second kappa shape index (κ2) is 6.82. The van der Waals surface area contributed by atoms with Crippen molar-refractivity contribution in [3.05, 3.63) is 45.7 Å². The average Bonchev–Trinajstić information content (AvgIpc) is 2.95. The molecule has 1 unspecified atom stereocenters. The Labute approximate surface area is 147 Å². The van der Waals surface area contributed by atoms with Crippen LogP contribution in [0.15, 0.2) is 17.2 Å². The van der Waals surface area contributed by atoms with Crippen LogP contribution < -0.4 is 5.56 Å². The van der Waals surface area contributed by atoms with Gasteiger partial charge in [0.1, 0.15) is 17.7 Å². The number of H-pyrrole nitrogens is 1. The second-order valence-electron chi connectivity index (χ2n) is 6.93. The maximum absolute atomic E-state index is 13.0. The van der Waals surface area contributed by atoms with Crippen molar-refractivity contribution in [2.75, 3.05) is 13.1 Å². The lowest BCUT2D eigenvalue weighted by Crippen LogP contribution is -2.38. The minimum absolute atomic E-state index is 0.0563. The highest BCUT2D eigenvalue weighted by Gasteiger charge is 2.27. The zero-order valence-electron chi connectivity index (χ0n) is 15.2. The summed E-state index contributed by atoms with van der Waals surface area (Å²) >= 11 is 0. The van der Waals surface area contributed by atoms with Crippen LogP contribution in [0.2, 0.25) is 0 Å². The Morgan fingerprint density at radius 2 is 1.96 bits per heavy atom. The van der Waals surface area contributed by atoms with Crippen LogP contribution >= 0.6 is 0 Å². The molecule has 1 aliphatic rings. The lowest BCUT2D eigenvalue weighted by Gasteiger charge is -2.26. The van der Waals surface area contributed by atoms with Gasteiger partial charge in [-0.2, -0.15) is 0 Å². The quantitative estimate of drug-likeness (QED) is 0.917. The highest BCUT2D eigenvalue weighted by Crippen LogP contribution is 2.20. The number of amides is 1. The summed E-state index contributed by atoms with van der Waals surface area (Å²) in [7, 11) is 0. The molecule has 0 saturated heterocycles. The van der Waals surface area contributed by atoms with E-state index in [1.54, 1.807) is 13.1 Å². The molecule has 0 spiro atoms. The van der Waals surface area contributed by atoms with E-state index in [1.807, 2.05) is 22.6 Å². The molecule has 7 nitrogen and oxygen atoms in total. The third-order valence-electron chi connectivity index (χ3n) is 4.77. The Morgan fingerprint density at radius 3 is 2.68 bits per heavy atom. The number of hydrogen-bond donors (Lipinski definition) is 1. The Kier molecular flexibility index (Phi) is 4.74. The molecule has 1 N–H and O–H groups in total. The normalized spacial score (nSPS) is 15.8. The summed E-state index contributed by atoms with van der Waals surface area (Å²) < 4.78 is 1.94. The van der Waals surface area contributed by atoms with Gasteiger partial charge in [-0.1, -0.05) is 13.8 Å². The number of aryl methyl sites for hydroxylation is 1. The summed E-state index contributed by atoms with van der Waals surface area (Å²) in [6, 6.07) is -0.311. The van der Waals surface area contributed by atoms with Crippen molar-refractivity contribution in [2.24, 2.45) is 0 Å². The number of carbonyl (C=O) groups is 1. The van der Waals surface area contributed by atoms with Crippen molar-refractivity contribution < 1.29 is 4.79 Å². The largest absolute Gasteiger partial charge is 0.340 e. The molecule has 0 aromatic carbocycles. The molecule has 2 aromatic heterocycles. The van der Waals surface area contributed by atoms with Crippen molar-refractivity contribution >= 4 is 5.91 Å². The molecule has 0 saturated carbocycles. The number of aromatic nitrogens is 4. The van der Waals surface area contributed by atoms with Gasteiger partial charge in [-0.15, -0.1) is 0 Å². The SMILES string of the molecule is Cc1nc2c(c(=O)[nH]1)CCN(C(=O)C(C)n1ccnc1C(C)C)CC2. The van der Waals surface area contributed by atoms with Gasteiger partial charge >= 0.3 is 0 Å². The first-order chi connectivity index (χ1) is 11.9. The molecule has 3 heterocycles. The Balaban J connectivity index is 1.79. The van der Waals surface area contributed by atoms with E-state index in [4.69, 9.17) is 0 Å². The van der Waals surface area contributed by atoms with Gasteiger partial charge in [0.2, 0.25) is 5.91 Å². The first kappa shape index (κ1) is 17.4. The lowest BCUT2D eigenvalue weighted by atomic mass is 10.1.